The zero-order valence-corrected chi connectivity index (χ0v) is 25.1. The van der Waals surface area contributed by atoms with Gasteiger partial charge in [-0.3, -0.25) is 4.72 Å². The van der Waals surface area contributed by atoms with Crippen molar-refractivity contribution in [2.45, 2.75) is 30.7 Å². The zero-order valence-electron chi connectivity index (χ0n) is 23.5. The molecule has 1 aliphatic rings. The summed E-state index contributed by atoms with van der Waals surface area (Å²) in [5, 5.41) is 3.39. The van der Waals surface area contributed by atoms with Crippen LogP contribution in [0.3, 0.4) is 0 Å². The van der Waals surface area contributed by atoms with Gasteiger partial charge in [0.05, 0.1) is 23.0 Å². The third-order valence-electron chi connectivity index (χ3n) is 6.95. The molecule has 0 saturated carbocycles. The molecular formula is C30H36ClN5O4S. The summed E-state index contributed by atoms with van der Waals surface area (Å²) in [6, 6.07) is 20.1. The number of rotatable bonds is 10. The Labute approximate surface area is 247 Å². The largest absolute Gasteiger partial charge is 0.497 e. The van der Waals surface area contributed by atoms with Crippen molar-refractivity contribution in [3.63, 3.8) is 0 Å². The Morgan fingerprint density at radius 1 is 0.951 bits per heavy atom. The molecule has 1 aromatic heterocycles. The standard InChI is InChI=1S/C30H35N5O4S.ClH/c1-35(2)20-22-8-12-25(13-9-22)40(36,37)34-30-29(31-26-6-4-5-7-27(26)32-30)33-28-19-24(38-3)11-10-23(28)18-21-14-16-39-17-15-21;/h4-13,19,21H,14-18,20H2,1-3H3,(H,31,33)(H,32,34);1H. The highest BCUT2D eigenvalue weighted by atomic mass is 35.5. The smallest absolute Gasteiger partial charge is 0.263 e. The first-order chi connectivity index (χ1) is 19.3. The van der Waals surface area contributed by atoms with Gasteiger partial charge in [0.25, 0.3) is 10.0 Å². The van der Waals surface area contributed by atoms with E-state index >= 15 is 0 Å². The van der Waals surface area contributed by atoms with Crippen molar-refractivity contribution < 1.29 is 17.9 Å². The summed E-state index contributed by atoms with van der Waals surface area (Å²) in [5.41, 5.74) is 4.14. The second-order valence-electron chi connectivity index (χ2n) is 10.3. The van der Waals surface area contributed by atoms with E-state index in [9.17, 15) is 8.42 Å². The third-order valence-corrected chi connectivity index (χ3v) is 8.31. The lowest BCUT2D eigenvalue weighted by Gasteiger charge is -2.23. The summed E-state index contributed by atoms with van der Waals surface area (Å²) in [4.78, 5) is 11.6. The van der Waals surface area contributed by atoms with Gasteiger partial charge < -0.3 is 19.7 Å². The van der Waals surface area contributed by atoms with Crippen molar-refractivity contribution in [3.8, 4) is 5.75 Å². The molecule has 3 aromatic carbocycles. The van der Waals surface area contributed by atoms with Crippen LogP contribution in [0, 0.1) is 5.92 Å². The molecular weight excluding hydrogens is 562 g/mol. The average molecular weight is 598 g/mol. The van der Waals surface area contributed by atoms with Gasteiger partial charge in [-0.1, -0.05) is 30.3 Å². The molecule has 9 nitrogen and oxygen atoms in total. The van der Waals surface area contributed by atoms with Gasteiger partial charge in [0.15, 0.2) is 11.6 Å². The highest BCUT2D eigenvalue weighted by Crippen LogP contribution is 2.33. The van der Waals surface area contributed by atoms with Crippen molar-refractivity contribution in [1.82, 2.24) is 14.9 Å². The molecule has 41 heavy (non-hydrogen) atoms. The minimum Gasteiger partial charge on any atom is -0.497 e. The van der Waals surface area contributed by atoms with Gasteiger partial charge in [-0.05, 0) is 80.7 Å². The van der Waals surface area contributed by atoms with Crippen LogP contribution in [0.5, 0.6) is 5.75 Å². The number of nitrogens with zero attached hydrogens (tertiary/aromatic N) is 3. The molecule has 0 unspecified atom stereocenters. The van der Waals surface area contributed by atoms with E-state index in [-0.39, 0.29) is 23.1 Å². The second-order valence-corrected chi connectivity index (χ2v) is 12.0. The number of hydrogen-bond donors (Lipinski definition) is 2. The van der Waals surface area contributed by atoms with Gasteiger partial charge in [-0.15, -0.1) is 12.4 Å². The topological polar surface area (TPSA) is 106 Å². The fourth-order valence-electron chi connectivity index (χ4n) is 4.85. The highest BCUT2D eigenvalue weighted by Gasteiger charge is 2.21. The predicted octanol–water partition coefficient (Wildman–Crippen LogP) is 5.64. The van der Waals surface area contributed by atoms with Gasteiger partial charge in [0, 0.05) is 31.5 Å². The number of nitrogens with one attached hydrogen (secondary N) is 2. The molecule has 0 bridgehead atoms. The molecule has 11 heteroatoms. The molecule has 4 aromatic rings. The molecule has 0 amide bonds. The first kappa shape index (κ1) is 30.5. The van der Waals surface area contributed by atoms with Crippen LogP contribution >= 0.6 is 12.4 Å². The van der Waals surface area contributed by atoms with E-state index in [4.69, 9.17) is 14.5 Å². The van der Waals surface area contributed by atoms with E-state index in [0.29, 0.717) is 35.1 Å². The Morgan fingerprint density at radius 2 is 1.61 bits per heavy atom. The Kier molecular flexibility index (Phi) is 10.0. The van der Waals surface area contributed by atoms with Gasteiger partial charge in [0.1, 0.15) is 5.75 Å². The number of aromatic nitrogens is 2. The zero-order chi connectivity index (χ0) is 28.1. The fourth-order valence-corrected chi connectivity index (χ4v) is 5.86. The molecule has 0 spiro atoms. The van der Waals surface area contributed by atoms with Crippen LogP contribution in [0.15, 0.2) is 71.6 Å². The molecule has 218 valence electrons. The van der Waals surface area contributed by atoms with Gasteiger partial charge in [-0.25, -0.2) is 18.4 Å². The lowest BCUT2D eigenvalue weighted by molar-refractivity contribution is 0.0666. The van der Waals surface area contributed by atoms with Crippen LogP contribution in [0.2, 0.25) is 0 Å². The molecule has 1 aliphatic heterocycles. The van der Waals surface area contributed by atoms with E-state index in [1.807, 2.05) is 73.6 Å². The molecule has 1 saturated heterocycles. The summed E-state index contributed by atoms with van der Waals surface area (Å²) in [7, 11) is 1.63. The summed E-state index contributed by atoms with van der Waals surface area (Å²) in [6.45, 7) is 2.25. The molecule has 5 rings (SSSR count). The van der Waals surface area contributed by atoms with Crippen molar-refractivity contribution in [3.05, 3.63) is 77.9 Å². The summed E-state index contributed by atoms with van der Waals surface area (Å²) in [5.74, 6) is 1.62. The van der Waals surface area contributed by atoms with Crippen LogP contribution in [0.25, 0.3) is 11.0 Å². The molecule has 2 N–H and O–H groups in total. The maximum atomic E-state index is 13.5. The molecule has 1 fully saturated rings. The number of ether oxygens (including phenoxy) is 2. The normalized spacial score (nSPS) is 14.0. The molecule has 0 atom stereocenters. The first-order valence-electron chi connectivity index (χ1n) is 13.4. The average Bonchev–Trinajstić information content (AvgIpc) is 2.94. The molecule has 0 aliphatic carbocycles. The van der Waals surface area contributed by atoms with Crippen molar-refractivity contribution in [1.29, 1.82) is 0 Å². The quantitative estimate of drug-likeness (QED) is 0.242. The molecule has 2 heterocycles. The van der Waals surface area contributed by atoms with Crippen LogP contribution in [-0.2, 0) is 27.7 Å². The second kappa shape index (κ2) is 13.5. The predicted molar refractivity (Wildman–Crippen MR) is 165 cm³/mol. The Hall–Kier alpha value is -3.44. The summed E-state index contributed by atoms with van der Waals surface area (Å²) in [6.07, 6.45) is 2.86. The maximum Gasteiger partial charge on any atom is 0.263 e. The summed E-state index contributed by atoms with van der Waals surface area (Å²) < 4.78 is 40.6. The number of hydrogen-bond acceptors (Lipinski definition) is 8. The SMILES string of the molecule is COc1ccc(CC2CCOCC2)c(Nc2nc3ccccc3nc2NS(=O)(=O)c2ccc(CN(C)C)cc2)c1.Cl. The van der Waals surface area contributed by atoms with Crippen LogP contribution in [0.1, 0.15) is 24.0 Å². The summed E-state index contributed by atoms with van der Waals surface area (Å²) >= 11 is 0. The Balaban J connectivity index is 0.00000387. The number of fused-ring (bicyclic) bond motifs is 1. The third kappa shape index (κ3) is 7.65. The minimum absolute atomic E-state index is 0. The van der Waals surface area contributed by atoms with E-state index in [1.54, 1.807) is 19.2 Å². The first-order valence-corrected chi connectivity index (χ1v) is 14.8. The van der Waals surface area contributed by atoms with Crippen molar-refractivity contribution in [2.75, 3.05) is 44.5 Å². The fraction of sp³-hybridized carbons (Fsp3) is 0.333. The van der Waals surface area contributed by atoms with Crippen LogP contribution < -0.4 is 14.8 Å². The van der Waals surface area contributed by atoms with Crippen molar-refractivity contribution in [2.24, 2.45) is 5.92 Å². The Morgan fingerprint density at radius 3 is 2.24 bits per heavy atom. The van der Waals surface area contributed by atoms with Gasteiger partial charge in [-0.2, -0.15) is 0 Å². The number of halogens is 1. The van der Waals surface area contributed by atoms with E-state index in [1.165, 1.54) is 0 Å². The number of anilines is 3. The van der Waals surface area contributed by atoms with E-state index in [0.717, 1.165) is 49.3 Å². The van der Waals surface area contributed by atoms with E-state index < -0.39 is 10.0 Å². The minimum atomic E-state index is -3.93. The van der Waals surface area contributed by atoms with Gasteiger partial charge in [0.2, 0.25) is 0 Å². The maximum absolute atomic E-state index is 13.5. The van der Waals surface area contributed by atoms with Gasteiger partial charge >= 0.3 is 0 Å². The van der Waals surface area contributed by atoms with Crippen LogP contribution in [0.4, 0.5) is 17.3 Å². The number of methoxy groups -OCH3 is 1. The van der Waals surface area contributed by atoms with E-state index in [2.05, 4.69) is 15.0 Å². The lowest BCUT2D eigenvalue weighted by Crippen LogP contribution is -2.18. The van der Waals surface area contributed by atoms with Crippen molar-refractivity contribution >= 4 is 50.8 Å². The lowest BCUT2D eigenvalue weighted by atomic mass is 9.91. The number of benzene rings is 3. The number of para-hydroxylation sites is 2. The highest BCUT2D eigenvalue weighted by molar-refractivity contribution is 7.92. The Bertz CT molecular complexity index is 1580. The number of sulfonamides is 1. The monoisotopic (exact) mass is 597 g/mol. The van der Waals surface area contributed by atoms with Crippen LogP contribution in [-0.4, -0.2) is 57.7 Å². The molecule has 0 radical (unpaired) electrons.